The van der Waals surface area contributed by atoms with Crippen LogP contribution in [0, 0.1) is 0 Å². The molecule has 0 radical (unpaired) electrons. The summed E-state index contributed by atoms with van der Waals surface area (Å²) in [5.74, 6) is 0. The van der Waals surface area contributed by atoms with E-state index in [4.69, 9.17) is 0 Å². The molecule has 0 amide bonds. The zero-order chi connectivity index (χ0) is 12.1. The SMILES string of the molecule is CC.CCC1=C(C)C(C2=CCN=C2)=C(C)C1. The molecule has 0 aromatic heterocycles. The third-order valence-electron chi connectivity index (χ3n) is 3.17. The molecule has 0 atom stereocenters. The highest BCUT2D eigenvalue weighted by molar-refractivity contribution is 5.90. The minimum Gasteiger partial charge on any atom is -0.288 e. The maximum atomic E-state index is 4.25. The van der Waals surface area contributed by atoms with Crippen molar-refractivity contribution >= 4 is 6.21 Å². The first kappa shape index (κ1) is 13.0. The second kappa shape index (κ2) is 5.83. The molecule has 1 heterocycles. The van der Waals surface area contributed by atoms with Crippen LogP contribution in [0.3, 0.4) is 0 Å². The van der Waals surface area contributed by atoms with Gasteiger partial charge >= 0.3 is 0 Å². The van der Waals surface area contributed by atoms with Gasteiger partial charge in [0.25, 0.3) is 0 Å². The van der Waals surface area contributed by atoms with Crippen molar-refractivity contribution in [2.75, 3.05) is 6.54 Å². The number of hydrogen-bond acceptors (Lipinski definition) is 1. The van der Waals surface area contributed by atoms with Crippen LogP contribution in [0.25, 0.3) is 0 Å². The molecule has 0 unspecified atom stereocenters. The van der Waals surface area contributed by atoms with E-state index in [0.717, 1.165) is 6.54 Å². The Morgan fingerprint density at radius 3 is 2.38 bits per heavy atom. The lowest BCUT2D eigenvalue weighted by Gasteiger charge is -2.05. The van der Waals surface area contributed by atoms with Crippen molar-refractivity contribution in [1.29, 1.82) is 0 Å². The molecule has 1 nitrogen and oxygen atoms in total. The van der Waals surface area contributed by atoms with Gasteiger partial charge in [-0.05, 0) is 43.4 Å². The van der Waals surface area contributed by atoms with Gasteiger partial charge in [-0.25, -0.2) is 0 Å². The van der Waals surface area contributed by atoms with Crippen molar-refractivity contribution in [2.45, 2.75) is 47.5 Å². The van der Waals surface area contributed by atoms with E-state index in [-0.39, 0.29) is 0 Å². The molecule has 0 aromatic carbocycles. The lowest BCUT2D eigenvalue weighted by atomic mass is 9.99. The maximum Gasteiger partial charge on any atom is 0.0580 e. The van der Waals surface area contributed by atoms with E-state index in [1.807, 2.05) is 20.1 Å². The minimum absolute atomic E-state index is 0.862. The Morgan fingerprint density at radius 1 is 1.25 bits per heavy atom. The molecule has 1 aliphatic carbocycles. The monoisotopic (exact) mass is 217 g/mol. The smallest absolute Gasteiger partial charge is 0.0580 e. The van der Waals surface area contributed by atoms with Crippen molar-refractivity contribution < 1.29 is 0 Å². The molecule has 0 aromatic rings. The van der Waals surface area contributed by atoms with Crippen LogP contribution in [-0.4, -0.2) is 12.8 Å². The topological polar surface area (TPSA) is 12.4 Å². The fourth-order valence-electron chi connectivity index (χ4n) is 2.41. The maximum absolute atomic E-state index is 4.25. The second-order valence-corrected chi connectivity index (χ2v) is 4.07. The van der Waals surface area contributed by atoms with Crippen LogP contribution in [0.4, 0.5) is 0 Å². The summed E-state index contributed by atoms with van der Waals surface area (Å²) in [7, 11) is 0. The van der Waals surface area contributed by atoms with E-state index in [9.17, 15) is 0 Å². The van der Waals surface area contributed by atoms with Crippen LogP contribution in [0.2, 0.25) is 0 Å². The fourth-order valence-corrected chi connectivity index (χ4v) is 2.41. The fraction of sp³-hybridized carbons (Fsp3) is 0.533. The standard InChI is InChI=1S/C13H17N.C2H6/c1-4-11-7-9(2)13(10(11)3)12-5-6-14-8-12;1-2/h5,8H,4,6-7H2,1-3H3;1-2H3. The number of nitrogens with zero attached hydrogens (tertiary/aromatic N) is 1. The first-order chi connectivity index (χ1) is 7.74. The van der Waals surface area contributed by atoms with E-state index in [1.54, 1.807) is 5.57 Å². The number of hydrogen-bond donors (Lipinski definition) is 0. The van der Waals surface area contributed by atoms with Crippen molar-refractivity contribution in [3.63, 3.8) is 0 Å². The van der Waals surface area contributed by atoms with Gasteiger partial charge in [-0.2, -0.15) is 0 Å². The molecule has 0 spiro atoms. The molecule has 1 aliphatic heterocycles. The van der Waals surface area contributed by atoms with Gasteiger partial charge in [0.1, 0.15) is 0 Å². The summed E-state index contributed by atoms with van der Waals surface area (Å²) >= 11 is 0. The molecule has 1 heteroatoms. The minimum atomic E-state index is 0.862. The van der Waals surface area contributed by atoms with Crippen molar-refractivity contribution in [3.05, 3.63) is 33.9 Å². The zero-order valence-corrected chi connectivity index (χ0v) is 11.2. The van der Waals surface area contributed by atoms with Gasteiger partial charge in [0, 0.05) is 6.21 Å². The molecular formula is C15H23N. The first-order valence-corrected chi connectivity index (χ1v) is 6.33. The van der Waals surface area contributed by atoms with Gasteiger partial charge < -0.3 is 0 Å². The Hall–Kier alpha value is -1.11. The van der Waals surface area contributed by atoms with Crippen molar-refractivity contribution in [2.24, 2.45) is 4.99 Å². The molecular weight excluding hydrogens is 194 g/mol. The summed E-state index contributed by atoms with van der Waals surface area (Å²) in [6, 6.07) is 0. The second-order valence-electron chi connectivity index (χ2n) is 4.07. The molecule has 16 heavy (non-hydrogen) atoms. The average molecular weight is 217 g/mol. The average Bonchev–Trinajstić information content (AvgIpc) is 2.90. The Morgan fingerprint density at radius 2 is 1.94 bits per heavy atom. The van der Waals surface area contributed by atoms with Gasteiger partial charge in [-0.15, -0.1) is 0 Å². The van der Waals surface area contributed by atoms with E-state index in [2.05, 4.69) is 31.8 Å². The van der Waals surface area contributed by atoms with Gasteiger partial charge in [0.2, 0.25) is 0 Å². The van der Waals surface area contributed by atoms with E-state index in [1.165, 1.54) is 35.1 Å². The highest BCUT2D eigenvalue weighted by Crippen LogP contribution is 2.37. The molecule has 0 bridgehead atoms. The van der Waals surface area contributed by atoms with Crippen LogP contribution in [0.1, 0.15) is 47.5 Å². The third kappa shape index (κ3) is 2.34. The molecule has 0 saturated heterocycles. The van der Waals surface area contributed by atoms with Crippen LogP contribution in [-0.2, 0) is 0 Å². The van der Waals surface area contributed by atoms with Crippen molar-refractivity contribution in [1.82, 2.24) is 0 Å². The molecule has 2 rings (SSSR count). The summed E-state index contributed by atoms with van der Waals surface area (Å²) in [5.41, 5.74) is 7.40. The number of aliphatic imine (C=N–C) groups is 1. The number of rotatable bonds is 2. The molecule has 0 saturated carbocycles. The van der Waals surface area contributed by atoms with Crippen molar-refractivity contribution in [3.8, 4) is 0 Å². The largest absolute Gasteiger partial charge is 0.288 e. The number of allylic oxidation sites excluding steroid dienone is 5. The zero-order valence-electron chi connectivity index (χ0n) is 11.2. The first-order valence-electron chi connectivity index (χ1n) is 6.33. The summed E-state index contributed by atoms with van der Waals surface area (Å²) < 4.78 is 0. The van der Waals surface area contributed by atoms with Gasteiger partial charge in [-0.3, -0.25) is 4.99 Å². The highest BCUT2D eigenvalue weighted by Gasteiger charge is 2.20. The Labute approximate surface area is 99.7 Å². The van der Waals surface area contributed by atoms with E-state index < -0.39 is 0 Å². The molecule has 88 valence electrons. The summed E-state index contributed by atoms with van der Waals surface area (Å²) in [6.45, 7) is 11.6. The summed E-state index contributed by atoms with van der Waals surface area (Å²) in [5, 5.41) is 0. The van der Waals surface area contributed by atoms with E-state index in [0.29, 0.717) is 0 Å². The molecule has 0 fully saturated rings. The lowest BCUT2D eigenvalue weighted by molar-refractivity contribution is 1.00. The Balaban J connectivity index is 0.000000606. The van der Waals surface area contributed by atoms with Gasteiger partial charge in [0.05, 0.1) is 6.54 Å². The van der Waals surface area contributed by atoms with Crippen LogP contribution < -0.4 is 0 Å². The van der Waals surface area contributed by atoms with Crippen LogP contribution >= 0.6 is 0 Å². The molecule has 0 N–H and O–H groups in total. The third-order valence-corrected chi connectivity index (χ3v) is 3.17. The summed E-state index contributed by atoms with van der Waals surface area (Å²) in [4.78, 5) is 4.25. The normalized spacial score (nSPS) is 18.9. The summed E-state index contributed by atoms with van der Waals surface area (Å²) in [6.07, 6.45) is 6.59. The highest BCUT2D eigenvalue weighted by atomic mass is 14.7. The predicted molar refractivity (Wildman–Crippen MR) is 73.1 cm³/mol. The quantitative estimate of drug-likeness (QED) is 0.647. The predicted octanol–water partition coefficient (Wildman–Crippen LogP) is 4.47. The Bertz CT molecular complexity index is 378. The van der Waals surface area contributed by atoms with Gasteiger partial charge in [0.15, 0.2) is 0 Å². The van der Waals surface area contributed by atoms with Gasteiger partial charge in [-0.1, -0.05) is 38.0 Å². The van der Waals surface area contributed by atoms with Crippen LogP contribution in [0.5, 0.6) is 0 Å². The molecule has 2 aliphatic rings. The van der Waals surface area contributed by atoms with Crippen LogP contribution in [0.15, 0.2) is 38.9 Å². The lowest BCUT2D eigenvalue weighted by Crippen LogP contribution is -1.91. The Kier molecular flexibility index (Phi) is 4.72. The van der Waals surface area contributed by atoms with E-state index >= 15 is 0 Å².